The van der Waals surface area contributed by atoms with Crippen LogP contribution in [0.1, 0.15) is 90.9 Å². The third kappa shape index (κ3) is 5.37. The number of hydrogen-bond donors (Lipinski definition) is 0. The van der Waals surface area contributed by atoms with E-state index >= 15 is 0 Å². The van der Waals surface area contributed by atoms with E-state index < -0.39 is 0 Å². The van der Waals surface area contributed by atoms with Crippen LogP contribution in [-0.2, 0) is 0 Å². The van der Waals surface area contributed by atoms with Crippen molar-refractivity contribution in [2.45, 2.75) is 90.9 Å². The quantitative estimate of drug-likeness (QED) is 0.402. The summed E-state index contributed by atoms with van der Waals surface area (Å²) in [6.45, 7) is 4.63. The zero-order chi connectivity index (χ0) is 11.6. The summed E-state index contributed by atoms with van der Waals surface area (Å²) in [5, 5.41) is 0. The van der Waals surface area contributed by atoms with E-state index in [2.05, 4.69) is 13.8 Å². The third-order valence-electron chi connectivity index (χ3n) is 4.41. The van der Waals surface area contributed by atoms with E-state index in [9.17, 15) is 0 Å². The van der Waals surface area contributed by atoms with Crippen LogP contribution in [-0.4, -0.2) is 0 Å². The Hall–Kier alpha value is 0. The van der Waals surface area contributed by atoms with Crippen molar-refractivity contribution < 1.29 is 0 Å². The van der Waals surface area contributed by atoms with Crippen molar-refractivity contribution in [1.29, 1.82) is 0 Å². The summed E-state index contributed by atoms with van der Waals surface area (Å²) in [6, 6.07) is 0. The van der Waals surface area contributed by atoms with Crippen molar-refractivity contribution in [3.05, 3.63) is 0 Å². The van der Waals surface area contributed by atoms with Crippen molar-refractivity contribution in [3.8, 4) is 0 Å². The van der Waals surface area contributed by atoms with Crippen molar-refractivity contribution in [1.82, 2.24) is 0 Å². The van der Waals surface area contributed by atoms with Gasteiger partial charge in [0.05, 0.1) is 0 Å². The van der Waals surface area contributed by atoms with Gasteiger partial charge in [-0.05, 0) is 24.7 Å². The second-order valence-corrected chi connectivity index (χ2v) is 5.80. The van der Waals surface area contributed by atoms with Gasteiger partial charge in [-0.15, -0.1) is 0 Å². The summed E-state index contributed by atoms with van der Waals surface area (Å²) >= 11 is 0. The molecule has 0 spiro atoms. The van der Waals surface area contributed by atoms with E-state index in [0.717, 1.165) is 11.8 Å². The monoisotopic (exact) mass is 224 g/mol. The molecule has 0 bridgehead atoms. The summed E-state index contributed by atoms with van der Waals surface area (Å²) in [5.41, 5.74) is 0. The Balaban J connectivity index is 1.84. The Bertz CT molecular complexity index is 150. The molecule has 96 valence electrons. The molecule has 0 aromatic heterocycles. The van der Waals surface area contributed by atoms with Crippen LogP contribution in [0.2, 0.25) is 0 Å². The first kappa shape index (κ1) is 14.1. The summed E-state index contributed by atoms with van der Waals surface area (Å²) in [5.74, 6) is 2.24. The second kappa shape index (κ2) is 9.07. The Labute approximate surface area is 103 Å². The van der Waals surface area contributed by atoms with Crippen LogP contribution < -0.4 is 0 Å². The maximum absolute atomic E-state index is 2.34. The molecule has 1 aliphatic carbocycles. The number of hydrogen-bond acceptors (Lipinski definition) is 0. The molecule has 1 fully saturated rings. The van der Waals surface area contributed by atoms with Gasteiger partial charge >= 0.3 is 0 Å². The summed E-state index contributed by atoms with van der Waals surface area (Å²) in [6.07, 6.45) is 17.8. The van der Waals surface area contributed by atoms with Crippen LogP contribution in [0.15, 0.2) is 0 Å². The van der Waals surface area contributed by atoms with Crippen LogP contribution in [0.3, 0.4) is 0 Å². The molecular formula is C16H32. The molecule has 0 heterocycles. The van der Waals surface area contributed by atoms with Crippen molar-refractivity contribution in [2.75, 3.05) is 0 Å². The Kier molecular flexibility index (Phi) is 7.98. The zero-order valence-corrected chi connectivity index (χ0v) is 11.6. The first-order valence-electron chi connectivity index (χ1n) is 7.88. The fraction of sp³-hybridized carbons (Fsp3) is 1.00. The van der Waals surface area contributed by atoms with Gasteiger partial charge in [0.1, 0.15) is 0 Å². The lowest BCUT2D eigenvalue weighted by atomic mass is 9.69. The molecule has 16 heavy (non-hydrogen) atoms. The molecule has 1 saturated carbocycles. The first-order valence-corrected chi connectivity index (χ1v) is 7.88. The SMILES string of the molecule is CCCCCCCCCC1CCC1CCC. The van der Waals surface area contributed by atoms with Gasteiger partial charge < -0.3 is 0 Å². The predicted molar refractivity (Wildman–Crippen MR) is 73.7 cm³/mol. The highest BCUT2D eigenvalue weighted by molar-refractivity contribution is 4.80. The maximum atomic E-state index is 2.34. The standard InChI is InChI=1S/C16H32/c1-3-5-6-7-8-9-10-12-16-14-13-15(16)11-4-2/h15-16H,3-14H2,1-2H3. The van der Waals surface area contributed by atoms with Crippen molar-refractivity contribution in [3.63, 3.8) is 0 Å². The Morgan fingerprint density at radius 3 is 1.75 bits per heavy atom. The third-order valence-corrected chi connectivity index (χ3v) is 4.41. The lowest BCUT2D eigenvalue weighted by Crippen LogP contribution is -2.25. The Morgan fingerprint density at radius 2 is 1.19 bits per heavy atom. The van der Waals surface area contributed by atoms with Gasteiger partial charge in [-0.3, -0.25) is 0 Å². The van der Waals surface area contributed by atoms with Gasteiger partial charge in [0.15, 0.2) is 0 Å². The fourth-order valence-corrected chi connectivity index (χ4v) is 3.13. The van der Waals surface area contributed by atoms with Crippen molar-refractivity contribution >= 4 is 0 Å². The summed E-state index contributed by atoms with van der Waals surface area (Å²) < 4.78 is 0. The maximum Gasteiger partial charge on any atom is -0.0386 e. The minimum atomic E-state index is 1.12. The molecule has 0 aromatic carbocycles. The minimum absolute atomic E-state index is 1.12. The first-order chi connectivity index (χ1) is 7.88. The zero-order valence-electron chi connectivity index (χ0n) is 11.6. The van der Waals surface area contributed by atoms with E-state index in [1.807, 2.05) is 0 Å². The Morgan fingerprint density at radius 1 is 0.625 bits per heavy atom. The van der Waals surface area contributed by atoms with E-state index in [-0.39, 0.29) is 0 Å². The van der Waals surface area contributed by atoms with Gasteiger partial charge in [0, 0.05) is 0 Å². The lowest BCUT2D eigenvalue weighted by Gasteiger charge is -2.36. The van der Waals surface area contributed by atoms with Gasteiger partial charge in [0.2, 0.25) is 0 Å². The summed E-state index contributed by atoms with van der Waals surface area (Å²) in [4.78, 5) is 0. The average Bonchev–Trinajstić information content (AvgIpc) is 2.28. The molecular weight excluding hydrogens is 192 g/mol. The van der Waals surface area contributed by atoms with Gasteiger partial charge in [-0.2, -0.15) is 0 Å². The fourth-order valence-electron chi connectivity index (χ4n) is 3.13. The molecule has 1 rings (SSSR count). The molecule has 1 aliphatic rings. The van der Waals surface area contributed by atoms with Gasteiger partial charge in [0.25, 0.3) is 0 Å². The van der Waals surface area contributed by atoms with E-state index in [1.54, 1.807) is 12.8 Å². The molecule has 0 heteroatoms. The highest BCUT2D eigenvalue weighted by Crippen LogP contribution is 2.40. The topological polar surface area (TPSA) is 0 Å². The highest BCUT2D eigenvalue weighted by atomic mass is 14.3. The van der Waals surface area contributed by atoms with Crippen LogP contribution in [0.25, 0.3) is 0 Å². The van der Waals surface area contributed by atoms with Crippen LogP contribution in [0, 0.1) is 11.8 Å². The molecule has 2 atom stereocenters. The molecule has 0 saturated heterocycles. The minimum Gasteiger partial charge on any atom is -0.0654 e. The molecule has 0 N–H and O–H groups in total. The predicted octanol–water partition coefficient (Wildman–Crippen LogP) is 5.95. The lowest BCUT2D eigenvalue weighted by molar-refractivity contribution is 0.148. The normalized spacial score (nSPS) is 24.4. The number of unbranched alkanes of at least 4 members (excludes halogenated alkanes) is 6. The molecule has 0 aliphatic heterocycles. The average molecular weight is 224 g/mol. The smallest absolute Gasteiger partial charge is 0.0386 e. The number of rotatable bonds is 10. The van der Waals surface area contributed by atoms with E-state index in [0.29, 0.717) is 0 Å². The van der Waals surface area contributed by atoms with Crippen molar-refractivity contribution in [2.24, 2.45) is 11.8 Å². The molecule has 0 radical (unpaired) electrons. The highest BCUT2D eigenvalue weighted by Gasteiger charge is 2.28. The van der Waals surface area contributed by atoms with Gasteiger partial charge in [-0.25, -0.2) is 0 Å². The molecule has 0 aromatic rings. The van der Waals surface area contributed by atoms with Gasteiger partial charge in [-0.1, -0.05) is 78.1 Å². The van der Waals surface area contributed by atoms with Crippen LogP contribution >= 0.6 is 0 Å². The molecule has 2 unspecified atom stereocenters. The van der Waals surface area contributed by atoms with Crippen LogP contribution in [0.4, 0.5) is 0 Å². The van der Waals surface area contributed by atoms with Crippen LogP contribution in [0.5, 0.6) is 0 Å². The summed E-state index contributed by atoms with van der Waals surface area (Å²) in [7, 11) is 0. The van der Waals surface area contributed by atoms with E-state index in [4.69, 9.17) is 0 Å². The van der Waals surface area contributed by atoms with E-state index in [1.165, 1.54) is 64.2 Å². The molecule has 0 nitrogen and oxygen atoms in total. The second-order valence-electron chi connectivity index (χ2n) is 5.80. The largest absolute Gasteiger partial charge is 0.0654 e. The molecule has 0 amide bonds.